The van der Waals surface area contributed by atoms with E-state index in [2.05, 4.69) is 20.9 Å². The van der Waals surface area contributed by atoms with E-state index in [4.69, 9.17) is 0 Å². The lowest BCUT2D eigenvalue weighted by Crippen LogP contribution is -2.51. The summed E-state index contributed by atoms with van der Waals surface area (Å²) in [5, 5.41) is 10.3. The van der Waals surface area contributed by atoms with Gasteiger partial charge in [0.25, 0.3) is 0 Å². The lowest BCUT2D eigenvalue weighted by Gasteiger charge is -2.23. The minimum absolute atomic E-state index is 0.122. The molecule has 0 spiro atoms. The van der Waals surface area contributed by atoms with E-state index in [9.17, 15) is 9.59 Å². The molecular weight excluding hydrogens is 356 g/mol. The monoisotopic (exact) mass is 376 g/mol. The average molecular weight is 377 g/mol. The van der Waals surface area contributed by atoms with Gasteiger partial charge in [-0.3, -0.25) is 4.79 Å². The molecule has 0 radical (unpaired) electrons. The molecule has 1 aromatic heterocycles. The van der Waals surface area contributed by atoms with Gasteiger partial charge in [0.05, 0.1) is 0 Å². The molecule has 0 bridgehead atoms. The van der Waals surface area contributed by atoms with Crippen molar-refractivity contribution in [2.24, 2.45) is 0 Å². The first-order valence-corrected chi connectivity index (χ1v) is 9.77. The topological polar surface area (TPSA) is 83.1 Å². The molecule has 1 saturated heterocycles. The van der Waals surface area contributed by atoms with Crippen molar-refractivity contribution in [1.29, 1.82) is 0 Å². The van der Waals surface area contributed by atoms with E-state index in [1.165, 1.54) is 0 Å². The Morgan fingerprint density at radius 1 is 1.40 bits per heavy atom. The predicted octanol–water partition coefficient (Wildman–Crippen LogP) is 3.31. The van der Waals surface area contributed by atoms with Crippen LogP contribution in [0.4, 0.5) is 10.5 Å². The number of hydrogen-bond acceptors (Lipinski definition) is 5. The van der Waals surface area contributed by atoms with Gasteiger partial charge >= 0.3 is 6.03 Å². The Bertz CT molecular complexity index is 791. The van der Waals surface area contributed by atoms with E-state index in [1.54, 1.807) is 23.1 Å². The molecule has 1 fully saturated rings. The van der Waals surface area contributed by atoms with Crippen LogP contribution in [0.1, 0.15) is 24.1 Å². The van der Waals surface area contributed by atoms with Gasteiger partial charge in [0.1, 0.15) is 6.04 Å². The molecular formula is C17H20N4O2S2. The molecule has 0 aliphatic carbocycles. The van der Waals surface area contributed by atoms with Gasteiger partial charge in [0.2, 0.25) is 5.91 Å². The van der Waals surface area contributed by atoms with Gasteiger partial charge in [-0.25, -0.2) is 9.78 Å². The Morgan fingerprint density at radius 3 is 2.92 bits per heavy atom. The van der Waals surface area contributed by atoms with Crippen LogP contribution in [0.25, 0.3) is 0 Å². The van der Waals surface area contributed by atoms with Gasteiger partial charge in [-0.05, 0) is 50.5 Å². The van der Waals surface area contributed by atoms with Crippen molar-refractivity contribution >= 4 is 40.7 Å². The van der Waals surface area contributed by atoms with E-state index < -0.39 is 6.04 Å². The summed E-state index contributed by atoms with van der Waals surface area (Å²) in [6.07, 6.45) is 1.54. The molecule has 0 unspecified atom stereocenters. The normalized spacial score (nSPS) is 17.0. The molecule has 3 N–H and O–H groups in total. The van der Waals surface area contributed by atoms with Crippen LogP contribution in [0, 0.1) is 13.8 Å². The van der Waals surface area contributed by atoms with Crippen molar-refractivity contribution in [3.63, 3.8) is 0 Å². The number of urea groups is 1. The fraction of sp³-hybridized carbons (Fsp3) is 0.353. The summed E-state index contributed by atoms with van der Waals surface area (Å²) in [6.45, 7) is 4.60. The van der Waals surface area contributed by atoms with Gasteiger partial charge in [0.15, 0.2) is 4.34 Å². The van der Waals surface area contributed by atoms with E-state index in [1.807, 2.05) is 37.4 Å². The molecule has 132 valence electrons. The first-order valence-electron chi connectivity index (χ1n) is 8.07. The van der Waals surface area contributed by atoms with Crippen LogP contribution < -0.4 is 16.0 Å². The molecule has 6 nitrogen and oxygen atoms in total. The molecule has 1 aliphatic rings. The number of hydrogen-bond donors (Lipinski definition) is 3. The highest BCUT2D eigenvalue weighted by molar-refractivity contribution is 8.01. The summed E-state index contributed by atoms with van der Waals surface area (Å²) >= 11 is 3.22. The van der Waals surface area contributed by atoms with Crippen molar-refractivity contribution in [2.45, 2.75) is 42.0 Å². The predicted molar refractivity (Wildman–Crippen MR) is 100 cm³/mol. The summed E-state index contributed by atoms with van der Waals surface area (Å²) in [5.41, 5.74) is 2.71. The Kier molecular flexibility index (Phi) is 5.60. The Labute approximate surface area is 154 Å². The first kappa shape index (κ1) is 17.8. The Morgan fingerprint density at radius 2 is 2.24 bits per heavy atom. The molecule has 0 saturated carbocycles. The van der Waals surface area contributed by atoms with Crippen LogP contribution in [0.15, 0.2) is 32.8 Å². The summed E-state index contributed by atoms with van der Waals surface area (Å²) in [7, 11) is 0. The lowest BCUT2D eigenvalue weighted by molar-refractivity contribution is -0.124. The van der Waals surface area contributed by atoms with Crippen LogP contribution in [-0.2, 0) is 4.79 Å². The second kappa shape index (κ2) is 7.88. The van der Waals surface area contributed by atoms with Gasteiger partial charge in [-0.2, -0.15) is 0 Å². The van der Waals surface area contributed by atoms with Crippen molar-refractivity contribution in [3.05, 3.63) is 34.8 Å². The quantitative estimate of drug-likeness (QED) is 0.764. The second-order valence-electron chi connectivity index (χ2n) is 5.92. The molecule has 2 aromatic rings. The minimum Gasteiger partial charge on any atom is -0.354 e. The maximum atomic E-state index is 12.1. The summed E-state index contributed by atoms with van der Waals surface area (Å²) in [5.74, 6) is -0.122. The van der Waals surface area contributed by atoms with E-state index in [0.717, 1.165) is 32.6 Å². The van der Waals surface area contributed by atoms with Crippen LogP contribution in [-0.4, -0.2) is 29.5 Å². The Balaban J connectivity index is 1.60. The fourth-order valence-electron chi connectivity index (χ4n) is 2.55. The second-order valence-corrected chi connectivity index (χ2v) is 8.10. The zero-order valence-electron chi connectivity index (χ0n) is 14.1. The van der Waals surface area contributed by atoms with Gasteiger partial charge < -0.3 is 16.0 Å². The number of benzene rings is 1. The van der Waals surface area contributed by atoms with E-state index in [0.29, 0.717) is 13.0 Å². The highest BCUT2D eigenvalue weighted by atomic mass is 32.2. The zero-order valence-corrected chi connectivity index (χ0v) is 15.7. The SMILES string of the molecule is Cc1csc(Sc2ccc(NC(=O)N[C@@H]3CCCNC3=O)c(C)c2)n1. The molecule has 1 atom stereocenters. The molecule has 1 aromatic carbocycles. The third kappa shape index (κ3) is 4.73. The maximum Gasteiger partial charge on any atom is 0.319 e. The third-order valence-corrected chi connectivity index (χ3v) is 5.89. The number of piperidine rings is 1. The minimum atomic E-state index is -0.461. The standard InChI is InChI=1S/C17H20N4O2S2/c1-10-8-12(25-17-19-11(2)9-24-17)5-6-13(10)20-16(23)21-14-4-3-7-18-15(14)22/h5-6,8-9,14H,3-4,7H2,1-2H3,(H,18,22)(H2,20,21,23)/t14-/m1/s1. The maximum absolute atomic E-state index is 12.1. The molecule has 3 rings (SSSR count). The van der Waals surface area contributed by atoms with Crippen molar-refractivity contribution < 1.29 is 9.59 Å². The van der Waals surface area contributed by atoms with Crippen molar-refractivity contribution in [2.75, 3.05) is 11.9 Å². The van der Waals surface area contributed by atoms with Crippen LogP contribution in [0.5, 0.6) is 0 Å². The number of thiazole rings is 1. The van der Waals surface area contributed by atoms with Crippen molar-refractivity contribution in [1.82, 2.24) is 15.6 Å². The van der Waals surface area contributed by atoms with Crippen LogP contribution in [0.2, 0.25) is 0 Å². The number of nitrogens with zero attached hydrogens (tertiary/aromatic N) is 1. The first-order chi connectivity index (χ1) is 12.0. The largest absolute Gasteiger partial charge is 0.354 e. The molecule has 3 amide bonds. The Hall–Kier alpha value is -2.06. The fourth-order valence-corrected chi connectivity index (χ4v) is 4.46. The number of rotatable bonds is 4. The summed E-state index contributed by atoms with van der Waals surface area (Å²) in [6, 6.07) is 5.03. The number of carbonyl (C=O) groups is 2. The van der Waals surface area contributed by atoms with E-state index >= 15 is 0 Å². The number of aromatic nitrogens is 1. The third-order valence-electron chi connectivity index (χ3n) is 3.84. The van der Waals surface area contributed by atoms with E-state index in [-0.39, 0.29) is 11.9 Å². The number of amides is 3. The van der Waals surface area contributed by atoms with Gasteiger partial charge in [-0.1, -0.05) is 11.8 Å². The molecule has 8 heteroatoms. The average Bonchev–Trinajstić information content (AvgIpc) is 2.97. The number of nitrogens with one attached hydrogen (secondary N) is 3. The number of aryl methyl sites for hydroxylation is 2. The highest BCUT2D eigenvalue weighted by Crippen LogP contribution is 2.32. The molecule has 1 aliphatic heterocycles. The van der Waals surface area contributed by atoms with Crippen molar-refractivity contribution in [3.8, 4) is 0 Å². The zero-order chi connectivity index (χ0) is 17.8. The van der Waals surface area contributed by atoms with Crippen LogP contribution in [0.3, 0.4) is 0 Å². The number of carbonyl (C=O) groups excluding carboxylic acids is 2. The summed E-state index contributed by atoms with van der Waals surface area (Å²) < 4.78 is 0.999. The van der Waals surface area contributed by atoms with Gasteiger partial charge in [-0.15, -0.1) is 11.3 Å². The molecule has 25 heavy (non-hydrogen) atoms. The highest BCUT2D eigenvalue weighted by Gasteiger charge is 2.23. The number of anilines is 1. The van der Waals surface area contributed by atoms with Crippen LogP contribution >= 0.6 is 23.1 Å². The van der Waals surface area contributed by atoms with Gasteiger partial charge in [0, 0.05) is 28.2 Å². The smallest absolute Gasteiger partial charge is 0.319 e. The lowest BCUT2D eigenvalue weighted by atomic mass is 10.1. The molecule has 2 heterocycles. The summed E-state index contributed by atoms with van der Waals surface area (Å²) in [4.78, 5) is 29.4.